The summed E-state index contributed by atoms with van der Waals surface area (Å²) in [6.45, 7) is 2.13. The minimum Gasteiger partial charge on any atom is -0.387 e. The van der Waals surface area contributed by atoms with Crippen molar-refractivity contribution in [3.63, 3.8) is 0 Å². The van der Waals surface area contributed by atoms with Crippen LogP contribution >= 0.6 is 15.9 Å². The molecule has 2 nitrogen and oxygen atoms in total. The van der Waals surface area contributed by atoms with Crippen LogP contribution in [0.4, 0.5) is 4.39 Å². The van der Waals surface area contributed by atoms with Gasteiger partial charge in [0, 0.05) is 18.0 Å². The van der Waals surface area contributed by atoms with Gasteiger partial charge in [-0.05, 0) is 30.2 Å². The number of benzene rings is 1. The highest BCUT2D eigenvalue weighted by atomic mass is 79.9. The molecule has 1 unspecified atom stereocenters. The Balaban J connectivity index is 2.85. The first-order valence-corrected chi connectivity index (χ1v) is 5.94. The van der Waals surface area contributed by atoms with E-state index in [2.05, 4.69) is 15.9 Å². The molecule has 0 aliphatic rings. The molecule has 0 aliphatic carbocycles. The number of halogens is 2. The first-order valence-electron chi connectivity index (χ1n) is 5.15. The summed E-state index contributed by atoms with van der Waals surface area (Å²) in [5.41, 5.74) is -0.171. The maximum absolute atomic E-state index is 13.2. The van der Waals surface area contributed by atoms with Crippen molar-refractivity contribution in [3.8, 4) is 0 Å². The number of hydrogen-bond donors (Lipinski definition) is 1. The molecule has 0 heterocycles. The zero-order valence-corrected chi connectivity index (χ0v) is 11.1. The van der Waals surface area contributed by atoms with E-state index >= 15 is 0 Å². The molecule has 0 saturated heterocycles. The molecule has 1 atom stereocenters. The van der Waals surface area contributed by atoms with Gasteiger partial charge in [-0.1, -0.05) is 22.9 Å². The lowest BCUT2D eigenvalue weighted by atomic mass is 9.93. The van der Waals surface area contributed by atoms with Crippen LogP contribution in [-0.4, -0.2) is 24.4 Å². The van der Waals surface area contributed by atoms with Crippen LogP contribution in [0, 0.1) is 5.82 Å². The minimum atomic E-state index is -0.929. The molecule has 90 valence electrons. The fourth-order valence-corrected chi connectivity index (χ4v) is 2.15. The average molecular weight is 291 g/mol. The second kappa shape index (κ2) is 5.75. The number of hydrogen-bond acceptors (Lipinski definition) is 2. The summed E-state index contributed by atoms with van der Waals surface area (Å²) in [5.74, 6) is -0.305. The Bertz CT molecular complexity index is 337. The number of aliphatic hydroxyl groups is 1. The highest BCUT2D eigenvalue weighted by Crippen LogP contribution is 2.21. The summed E-state index contributed by atoms with van der Waals surface area (Å²) in [4.78, 5) is 0. The van der Waals surface area contributed by atoms with Crippen molar-refractivity contribution in [2.75, 3.05) is 13.7 Å². The van der Waals surface area contributed by atoms with E-state index in [1.807, 2.05) is 6.92 Å². The zero-order chi connectivity index (χ0) is 12.2. The van der Waals surface area contributed by atoms with Crippen LogP contribution in [-0.2, 0) is 11.2 Å². The van der Waals surface area contributed by atoms with Crippen LogP contribution in [0.25, 0.3) is 0 Å². The fourth-order valence-electron chi connectivity index (χ4n) is 1.64. The van der Waals surface area contributed by atoms with Gasteiger partial charge in [0.05, 0.1) is 12.2 Å². The summed E-state index contributed by atoms with van der Waals surface area (Å²) < 4.78 is 18.8. The molecule has 0 spiro atoms. The van der Waals surface area contributed by atoms with Gasteiger partial charge >= 0.3 is 0 Å². The van der Waals surface area contributed by atoms with E-state index in [0.717, 1.165) is 5.56 Å². The second-order valence-electron chi connectivity index (χ2n) is 3.97. The molecule has 0 amide bonds. The van der Waals surface area contributed by atoms with E-state index in [0.29, 0.717) is 17.3 Å². The first kappa shape index (κ1) is 13.6. The average Bonchev–Trinajstić information content (AvgIpc) is 2.16. The SMILES string of the molecule is CCC(O)(COC)Cc1cc(F)cc(Br)c1. The minimum absolute atomic E-state index is 0.248. The fraction of sp³-hybridized carbons (Fsp3) is 0.500. The third kappa shape index (κ3) is 3.85. The van der Waals surface area contributed by atoms with Crippen LogP contribution in [0.3, 0.4) is 0 Å². The number of ether oxygens (including phenoxy) is 1. The molecule has 1 aromatic rings. The van der Waals surface area contributed by atoms with Crippen LogP contribution < -0.4 is 0 Å². The molecule has 16 heavy (non-hydrogen) atoms. The quantitative estimate of drug-likeness (QED) is 0.904. The number of rotatable bonds is 5. The molecule has 1 N–H and O–H groups in total. The summed E-state index contributed by atoms with van der Waals surface area (Å²) in [5, 5.41) is 10.2. The van der Waals surface area contributed by atoms with Gasteiger partial charge in [-0.3, -0.25) is 0 Å². The van der Waals surface area contributed by atoms with Gasteiger partial charge in [0.25, 0.3) is 0 Å². The van der Waals surface area contributed by atoms with Crippen molar-refractivity contribution in [3.05, 3.63) is 34.1 Å². The maximum Gasteiger partial charge on any atom is 0.124 e. The third-order valence-corrected chi connectivity index (χ3v) is 2.98. The molecule has 0 radical (unpaired) electrons. The van der Waals surface area contributed by atoms with E-state index in [-0.39, 0.29) is 12.4 Å². The Morgan fingerprint density at radius 3 is 2.62 bits per heavy atom. The van der Waals surface area contributed by atoms with Crippen LogP contribution in [0.1, 0.15) is 18.9 Å². The van der Waals surface area contributed by atoms with Gasteiger partial charge in [0.1, 0.15) is 5.82 Å². The summed E-state index contributed by atoms with van der Waals surface area (Å²) >= 11 is 3.23. The highest BCUT2D eigenvalue weighted by Gasteiger charge is 2.25. The molecule has 0 aliphatic heterocycles. The van der Waals surface area contributed by atoms with E-state index in [4.69, 9.17) is 4.74 Å². The van der Waals surface area contributed by atoms with E-state index in [1.54, 1.807) is 13.2 Å². The summed E-state index contributed by atoms with van der Waals surface area (Å²) in [6, 6.07) is 4.63. The lowest BCUT2D eigenvalue weighted by Gasteiger charge is -2.26. The zero-order valence-electron chi connectivity index (χ0n) is 9.46. The third-order valence-electron chi connectivity index (χ3n) is 2.53. The first-order chi connectivity index (χ1) is 7.49. The molecule has 1 rings (SSSR count). The van der Waals surface area contributed by atoms with Crippen LogP contribution in [0.5, 0.6) is 0 Å². The highest BCUT2D eigenvalue weighted by molar-refractivity contribution is 9.10. The Kier molecular flexibility index (Phi) is 4.89. The Morgan fingerprint density at radius 2 is 2.12 bits per heavy atom. The Hall–Kier alpha value is -0.450. The van der Waals surface area contributed by atoms with Crippen molar-refractivity contribution in [2.45, 2.75) is 25.4 Å². The Labute approximate surface area is 104 Å². The van der Waals surface area contributed by atoms with Gasteiger partial charge < -0.3 is 9.84 Å². The van der Waals surface area contributed by atoms with Crippen molar-refractivity contribution in [2.24, 2.45) is 0 Å². The van der Waals surface area contributed by atoms with Gasteiger partial charge in [0.15, 0.2) is 0 Å². The van der Waals surface area contributed by atoms with Gasteiger partial charge in [0.2, 0.25) is 0 Å². The standard InChI is InChI=1S/C12H16BrFO2/c1-3-12(15,8-16-2)7-9-4-10(13)6-11(14)5-9/h4-6,15H,3,7-8H2,1-2H3. The lowest BCUT2D eigenvalue weighted by Crippen LogP contribution is -2.35. The van der Waals surface area contributed by atoms with Crippen molar-refractivity contribution < 1.29 is 14.2 Å². The molecule has 0 bridgehead atoms. The monoisotopic (exact) mass is 290 g/mol. The molecule has 0 aromatic heterocycles. The largest absolute Gasteiger partial charge is 0.387 e. The molecule has 0 saturated carbocycles. The van der Waals surface area contributed by atoms with E-state index in [9.17, 15) is 9.50 Å². The molecular formula is C12H16BrFO2. The maximum atomic E-state index is 13.2. The van der Waals surface area contributed by atoms with E-state index < -0.39 is 5.60 Å². The van der Waals surface area contributed by atoms with Gasteiger partial charge in [-0.25, -0.2) is 4.39 Å². The predicted octanol–water partition coefficient (Wildman–Crippen LogP) is 2.92. The van der Waals surface area contributed by atoms with Crippen molar-refractivity contribution in [1.82, 2.24) is 0 Å². The topological polar surface area (TPSA) is 29.5 Å². The van der Waals surface area contributed by atoms with Crippen molar-refractivity contribution >= 4 is 15.9 Å². The summed E-state index contributed by atoms with van der Waals surface area (Å²) in [7, 11) is 1.54. The van der Waals surface area contributed by atoms with Crippen LogP contribution in [0.15, 0.2) is 22.7 Å². The van der Waals surface area contributed by atoms with E-state index in [1.165, 1.54) is 12.1 Å². The molecule has 0 fully saturated rings. The predicted molar refractivity (Wildman–Crippen MR) is 64.9 cm³/mol. The Morgan fingerprint density at radius 1 is 1.44 bits per heavy atom. The smallest absolute Gasteiger partial charge is 0.124 e. The number of methoxy groups -OCH3 is 1. The van der Waals surface area contributed by atoms with Gasteiger partial charge in [-0.15, -0.1) is 0 Å². The normalized spacial score (nSPS) is 14.8. The van der Waals surface area contributed by atoms with Crippen molar-refractivity contribution in [1.29, 1.82) is 0 Å². The molecule has 4 heteroatoms. The van der Waals surface area contributed by atoms with Gasteiger partial charge in [-0.2, -0.15) is 0 Å². The lowest BCUT2D eigenvalue weighted by molar-refractivity contribution is -0.0333. The molecule has 1 aromatic carbocycles. The second-order valence-corrected chi connectivity index (χ2v) is 4.88. The summed E-state index contributed by atoms with van der Waals surface area (Å²) in [6.07, 6.45) is 0.947. The van der Waals surface area contributed by atoms with Crippen LogP contribution in [0.2, 0.25) is 0 Å². The molecular weight excluding hydrogens is 275 g/mol.